The summed E-state index contributed by atoms with van der Waals surface area (Å²) in [5.74, 6) is 0.0648. The van der Waals surface area contributed by atoms with Gasteiger partial charge in [-0.15, -0.1) is 0 Å². The SMILES string of the molecule is O=C1CC(Cl)([Se]Cc2ccccc2)N1. The van der Waals surface area contributed by atoms with Crippen LogP contribution in [0.4, 0.5) is 0 Å². The number of β-lactam (4-membered cyclic amide) rings is 1. The molecule has 1 atom stereocenters. The summed E-state index contributed by atoms with van der Waals surface area (Å²) < 4.78 is -0.417. The number of amides is 1. The van der Waals surface area contributed by atoms with Gasteiger partial charge >= 0.3 is 94.1 Å². The van der Waals surface area contributed by atoms with E-state index in [0.717, 1.165) is 5.32 Å². The van der Waals surface area contributed by atoms with Crippen LogP contribution in [0.3, 0.4) is 0 Å². The quantitative estimate of drug-likeness (QED) is 0.383. The fourth-order valence-electron chi connectivity index (χ4n) is 1.26. The van der Waals surface area contributed by atoms with Crippen LogP contribution in [0.5, 0.6) is 0 Å². The summed E-state index contributed by atoms with van der Waals surface area (Å²) in [5.41, 5.74) is 1.29. The Morgan fingerprint density at radius 2 is 2.07 bits per heavy atom. The van der Waals surface area contributed by atoms with Gasteiger partial charge in [0.2, 0.25) is 0 Å². The summed E-state index contributed by atoms with van der Waals surface area (Å²) >= 11 is 6.37. The third kappa shape index (κ3) is 2.30. The summed E-state index contributed by atoms with van der Waals surface area (Å²) in [4.78, 5) is 10.7. The molecule has 1 saturated heterocycles. The second-order valence-corrected chi connectivity index (χ2v) is 7.05. The van der Waals surface area contributed by atoms with Crippen molar-refractivity contribution in [3.8, 4) is 0 Å². The van der Waals surface area contributed by atoms with Gasteiger partial charge in [-0.1, -0.05) is 0 Å². The number of halogens is 1. The molecular formula is C10H10ClNOSe. The van der Waals surface area contributed by atoms with E-state index in [1.54, 1.807) is 0 Å². The van der Waals surface area contributed by atoms with Crippen molar-refractivity contribution in [2.24, 2.45) is 0 Å². The van der Waals surface area contributed by atoms with Gasteiger partial charge in [-0.25, -0.2) is 0 Å². The Labute approximate surface area is 94.2 Å². The Bertz CT molecular complexity index is 333. The molecule has 1 amide bonds. The molecule has 1 unspecified atom stereocenters. The summed E-state index contributed by atoms with van der Waals surface area (Å²) in [6.45, 7) is 0. The molecule has 2 rings (SSSR count). The Morgan fingerprint density at radius 1 is 1.43 bits per heavy atom. The van der Waals surface area contributed by atoms with Gasteiger partial charge in [0.1, 0.15) is 0 Å². The van der Waals surface area contributed by atoms with Gasteiger partial charge in [-0.3, -0.25) is 0 Å². The molecule has 4 heteroatoms. The number of hydrogen-bond donors (Lipinski definition) is 1. The van der Waals surface area contributed by atoms with Crippen molar-refractivity contribution in [1.29, 1.82) is 0 Å². The van der Waals surface area contributed by atoms with E-state index >= 15 is 0 Å². The second-order valence-electron chi connectivity index (χ2n) is 3.23. The molecule has 1 N–H and O–H groups in total. The number of carbonyl (C=O) groups excluding carboxylic acids is 1. The molecule has 1 aliphatic rings. The molecular weight excluding hydrogens is 265 g/mol. The van der Waals surface area contributed by atoms with E-state index in [-0.39, 0.29) is 20.9 Å². The van der Waals surface area contributed by atoms with E-state index < -0.39 is 3.90 Å². The first-order valence-electron chi connectivity index (χ1n) is 4.36. The van der Waals surface area contributed by atoms with Crippen LogP contribution in [-0.2, 0) is 10.1 Å². The molecule has 0 aliphatic carbocycles. The topological polar surface area (TPSA) is 29.1 Å². The summed E-state index contributed by atoms with van der Waals surface area (Å²) in [7, 11) is 0. The van der Waals surface area contributed by atoms with E-state index in [1.807, 2.05) is 18.2 Å². The molecule has 0 aromatic heterocycles. The number of carbonyl (C=O) groups is 1. The van der Waals surface area contributed by atoms with Crippen molar-refractivity contribution >= 4 is 32.5 Å². The second kappa shape index (κ2) is 3.93. The maximum absolute atomic E-state index is 10.7. The van der Waals surface area contributed by atoms with Crippen molar-refractivity contribution in [1.82, 2.24) is 5.32 Å². The molecule has 1 fully saturated rings. The molecule has 0 radical (unpaired) electrons. The predicted octanol–water partition coefficient (Wildman–Crippen LogP) is 1.30. The van der Waals surface area contributed by atoms with Gasteiger partial charge in [0.05, 0.1) is 0 Å². The predicted molar refractivity (Wildman–Crippen MR) is 57.2 cm³/mol. The van der Waals surface area contributed by atoms with Crippen LogP contribution < -0.4 is 5.32 Å². The molecule has 1 aromatic rings. The van der Waals surface area contributed by atoms with Crippen LogP contribution in [0.25, 0.3) is 0 Å². The number of hydrogen-bond acceptors (Lipinski definition) is 1. The molecule has 14 heavy (non-hydrogen) atoms. The van der Waals surface area contributed by atoms with Crippen LogP contribution in [-0.4, -0.2) is 24.8 Å². The van der Waals surface area contributed by atoms with E-state index in [2.05, 4.69) is 17.4 Å². The van der Waals surface area contributed by atoms with Crippen molar-refractivity contribution in [3.05, 3.63) is 35.9 Å². The van der Waals surface area contributed by atoms with Gasteiger partial charge in [-0.05, 0) is 0 Å². The third-order valence-electron chi connectivity index (χ3n) is 2.02. The van der Waals surface area contributed by atoms with Gasteiger partial charge in [-0.2, -0.15) is 0 Å². The molecule has 1 aliphatic heterocycles. The Kier molecular flexibility index (Phi) is 2.82. The Hall–Kier alpha value is -0.501. The molecule has 0 spiro atoms. The average molecular weight is 275 g/mol. The Balaban J connectivity index is 1.86. The number of alkyl halides is 1. The first-order valence-corrected chi connectivity index (χ1v) is 6.80. The van der Waals surface area contributed by atoms with Crippen molar-refractivity contribution in [2.45, 2.75) is 15.6 Å². The van der Waals surface area contributed by atoms with Gasteiger partial charge < -0.3 is 0 Å². The summed E-state index contributed by atoms with van der Waals surface area (Å²) in [6, 6.07) is 10.2. The molecule has 1 aromatic carbocycles. The average Bonchev–Trinajstić information content (AvgIpc) is 2.15. The minimum atomic E-state index is -0.417. The van der Waals surface area contributed by atoms with Crippen molar-refractivity contribution in [2.75, 3.05) is 0 Å². The monoisotopic (exact) mass is 275 g/mol. The van der Waals surface area contributed by atoms with Crippen LogP contribution in [0, 0.1) is 0 Å². The molecule has 0 bridgehead atoms. The Morgan fingerprint density at radius 3 is 2.64 bits per heavy atom. The number of benzene rings is 1. The maximum atomic E-state index is 10.7. The van der Waals surface area contributed by atoms with E-state index in [0.29, 0.717) is 6.42 Å². The van der Waals surface area contributed by atoms with Crippen LogP contribution in [0.1, 0.15) is 12.0 Å². The normalized spacial score (nSPS) is 25.4. The molecule has 74 valence electrons. The fourth-order valence-corrected chi connectivity index (χ4v) is 3.88. The zero-order valence-electron chi connectivity index (χ0n) is 7.50. The summed E-state index contributed by atoms with van der Waals surface area (Å²) in [6.07, 6.45) is 0.474. The van der Waals surface area contributed by atoms with E-state index in [9.17, 15) is 4.79 Å². The molecule has 1 heterocycles. The standard InChI is InChI=1S/C10H10ClNOSe/c11-10(6-9(13)12-10)14-7-8-4-2-1-3-5-8/h1-5H,6-7H2,(H,12,13). The number of nitrogens with one attached hydrogen (secondary N) is 1. The number of rotatable bonds is 3. The van der Waals surface area contributed by atoms with Gasteiger partial charge in [0, 0.05) is 0 Å². The first kappa shape index (κ1) is 10.0. The summed E-state index contributed by atoms with van der Waals surface area (Å²) in [5, 5.41) is 3.71. The van der Waals surface area contributed by atoms with Gasteiger partial charge in [0.25, 0.3) is 0 Å². The molecule has 0 saturated carbocycles. The third-order valence-corrected chi connectivity index (χ3v) is 5.30. The van der Waals surface area contributed by atoms with Gasteiger partial charge in [0.15, 0.2) is 0 Å². The first-order chi connectivity index (χ1) is 6.68. The minimum absolute atomic E-state index is 0.0648. The van der Waals surface area contributed by atoms with Crippen molar-refractivity contribution in [3.63, 3.8) is 0 Å². The van der Waals surface area contributed by atoms with Crippen LogP contribution in [0.2, 0.25) is 0 Å². The van der Waals surface area contributed by atoms with Crippen molar-refractivity contribution < 1.29 is 4.79 Å². The van der Waals surface area contributed by atoms with Crippen LogP contribution in [0.15, 0.2) is 30.3 Å². The molecule has 2 nitrogen and oxygen atoms in total. The zero-order valence-corrected chi connectivity index (χ0v) is 9.96. The zero-order chi connectivity index (χ0) is 10.0. The van der Waals surface area contributed by atoms with Crippen LogP contribution >= 0.6 is 11.6 Å². The van der Waals surface area contributed by atoms with E-state index in [4.69, 9.17) is 11.6 Å². The van der Waals surface area contributed by atoms with E-state index in [1.165, 1.54) is 5.56 Å². The fraction of sp³-hybridized carbons (Fsp3) is 0.300.